The van der Waals surface area contributed by atoms with E-state index in [1.807, 2.05) is 11.4 Å². The zero-order valence-corrected chi connectivity index (χ0v) is 20.3. The Kier molecular flexibility index (Phi) is 6.51. The predicted molar refractivity (Wildman–Crippen MR) is 132 cm³/mol. The van der Waals surface area contributed by atoms with Crippen molar-refractivity contribution in [1.82, 2.24) is 19.9 Å². The Bertz CT molecular complexity index is 1560. The zero-order chi connectivity index (χ0) is 25.2. The van der Waals surface area contributed by atoms with E-state index in [-0.39, 0.29) is 29.5 Å². The monoisotopic (exact) mass is 508 g/mol. The van der Waals surface area contributed by atoms with Crippen LogP contribution in [-0.2, 0) is 22.4 Å². The second-order valence-electron chi connectivity index (χ2n) is 8.24. The van der Waals surface area contributed by atoms with Crippen molar-refractivity contribution < 1.29 is 23.0 Å². The summed E-state index contributed by atoms with van der Waals surface area (Å²) >= 11 is 1.47. The number of esters is 1. The number of thiazole rings is 1. The molecular weight excluding hydrogens is 486 g/mol. The molecule has 184 valence electrons. The van der Waals surface area contributed by atoms with Crippen LogP contribution in [0.1, 0.15) is 28.4 Å². The van der Waals surface area contributed by atoms with Gasteiger partial charge in [-0.15, -0.1) is 11.3 Å². The van der Waals surface area contributed by atoms with Crippen LogP contribution in [0.3, 0.4) is 0 Å². The lowest BCUT2D eigenvalue weighted by atomic mass is 10.1. The SMILES string of the molecule is COC(=O)CCc1nc(Cc2cnc(-c3cc(Oc4c(F)cc5[nH]ccc5c4C)ccc3F)[nH]2)cs1. The first kappa shape index (κ1) is 23.7. The number of nitrogens with zero attached hydrogens (tertiary/aromatic N) is 2. The van der Waals surface area contributed by atoms with E-state index in [0.717, 1.165) is 21.8 Å². The molecule has 0 fully saturated rings. The van der Waals surface area contributed by atoms with E-state index in [0.29, 0.717) is 29.7 Å². The summed E-state index contributed by atoms with van der Waals surface area (Å²) in [6.07, 6.45) is 4.62. The molecule has 10 heteroatoms. The van der Waals surface area contributed by atoms with Crippen molar-refractivity contribution in [1.29, 1.82) is 0 Å². The number of aromatic nitrogens is 4. The van der Waals surface area contributed by atoms with Gasteiger partial charge in [0.05, 0.1) is 29.8 Å². The molecule has 36 heavy (non-hydrogen) atoms. The van der Waals surface area contributed by atoms with Gasteiger partial charge in [0, 0.05) is 58.8 Å². The van der Waals surface area contributed by atoms with Gasteiger partial charge in [0.2, 0.25) is 0 Å². The molecule has 0 aliphatic rings. The molecule has 0 aliphatic heterocycles. The van der Waals surface area contributed by atoms with Crippen LogP contribution in [0.4, 0.5) is 8.78 Å². The maximum absolute atomic E-state index is 14.7. The molecule has 3 heterocycles. The number of imidazole rings is 1. The molecule has 0 aliphatic carbocycles. The van der Waals surface area contributed by atoms with Gasteiger partial charge in [0.1, 0.15) is 17.4 Å². The number of halogens is 2. The van der Waals surface area contributed by atoms with Crippen LogP contribution in [0.5, 0.6) is 11.5 Å². The van der Waals surface area contributed by atoms with Crippen LogP contribution in [0, 0.1) is 18.6 Å². The molecule has 7 nitrogen and oxygen atoms in total. The average molecular weight is 509 g/mol. The Hall–Kier alpha value is -4.05. The number of hydrogen-bond donors (Lipinski definition) is 2. The molecule has 0 radical (unpaired) electrons. The van der Waals surface area contributed by atoms with E-state index in [2.05, 4.69) is 24.7 Å². The Morgan fingerprint density at radius 3 is 2.86 bits per heavy atom. The van der Waals surface area contributed by atoms with Crippen LogP contribution in [0.25, 0.3) is 22.3 Å². The third-order valence-corrected chi connectivity index (χ3v) is 6.75. The number of nitrogens with one attached hydrogen (secondary N) is 2. The van der Waals surface area contributed by atoms with E-state index in [1.54, 1.807) is 19.3 Å². The first-order chi connectivity index (χ1) is 17.4. The highest BCUT2D eigenvalue weighted by Gasteiger charge is 2.16. The molecular formula is C26H22F2N4O3S. The number of benzene rings is 2. The first-order valence-electron chi connectivity index (χ1n) is 11.2. The van der Waals surface area contributed by atoms with Crippen molar-refractivity contribution in [3.63, 3.8) is 0 Å². The number of rotatable bonds is 8. The Balaban J connectivity index is 1.34. The number of hydrogen-bond acceptors (Lipinski definition) is 6. The molecule has 0 unspecified atom stereocenters. The van der Waals surface area contributed by atoms with Crippen LogP contribution in [0.15, 0.2) is 48.1 Å². The highest BCUT2D eigenvalue weighted by molar-refractivity contribution is 7.09. The summed E-state index contributed by atoms with van der Waals surface area (Å²) in [4.78, 5) is 26.3. The summed E-state index contributed by atoms with van der Waals surface area (Å²) in [5.41, 5.74) is 3.10. The van der Waals surface area contributed by atoms with Gasteiger partial charge in [0.15, 0.2) is 11.6 Å². The topological polar surface area (TPSA) is 92.9 Å². The lowest BCUT2D eigenvalue weighted by Gasteiger charge is -2.12. The lowest BCUT2D eigenvalue weighted by Crippen LogP contribution is -2.01. The number of fused-ring (bicyclic) bond motifs is 1. The van der Waals surface area contributed by atoms with E-state index in [4.69, 9.17) is 4.74 Å². The van der Waals surface area contributed by atoms with Gasteiger partial charge in [-0.3, -0.25) is 4.79 Å². The van der Waals surface area contributed by atoms with Crippen molar-refractivity contribution in [3.05, 3.63) is 81.7 Å². The smallest absolute Gasteiger partial charge is 0.305 e. The molecule has 0 saturated carbocycles. The van der Waals surface area contributed by atoms with E-state index in [9.17, 15) is 13.6 Å². The van der Waals surface area contributed by atoms with Crippen molar-refractivity contribution in [2.24, 2.45) is 0 Å². The molecule has 2 N–H and O–H groups in total. The Labute approximate surface area is 209 Å². The molecule has 0 atom stereocenters. The third kappa shape index (κ3) is 4.85. The van der Waals surface area contributed by atoms with Gasteiger partial charge in [-0.25, -0.2) is 18.7 Å². The minimum Gasteiger partial charge on any atom is -0.469 e. The van der Waals surface area contributed by atoms with Gasteiger partial charge in [-0.1, -0.05) is 0 Å². The summed E-state index contributed by atoms with van der Waals surface area (Å²) in [7, 11) is 1.36. The standard InChI is InChI=1S/C26H22F2N4O3S/c1-14-18-7-8-29-22(18)11-21(28)25(14)35-17-3-4-20(27)19(10-17)26-30-12-15(32-26)9-16-13-36-23(31-16)5-6-24(33)34-2/h3-4,7-8,10-13,29H,5-6,9H2,1-2H3,(H,30,32). The second-order valence-corrected chi connectivity index (χ2v) is 9.18. The second kappa shape index (κ2) is 9.90. The van der Waals surface area contributed by atoms with E-state index in [1.165, 1.54) is 42.7 Å². The fourth-order valence-corrected chi connectivity index (χ4v) is 4.75. The molecule has 5 aromatic rings. The first-order valence-corrected chi connectivity index (χ1v) is 12.1. The molecule has 0 saturated heterocycles. The van der Waals surface area contributed by atoms with Crippen molar-refractivity contribution in [3.8, 4) is 22.9 Å². The van der Waals surface area contributed by atoms with Crippen LogP contribution >= 0.6 is 11.3 Å². The van der Waals surface area contributed by atoms with Gasteiger partial charge in [-0.2, -0.15) is 0 Å². The number of carbonyl (C=O) groups is 1. The summed E-state index contributed by atoms with van der Waals surface area (Å²) in [6.45, 7) is 1.77. The molecule has 0 amide bonds. The van der Waals surface area contributed by atoms with Crippen molar-refractivity contribution >= 4 is 28.2 Å². The summed E-state index contributed by atoms with van der Waals surface area (Å²) in [5, 5.41) is 3.60. The van der Waals surface area contributed by atoms with Crippen LogP contribution in [-0.4, -0.2) is 33.0 Å². The average Bonchev–Trinajstić information content (AvgIpc) is 3.63. The molecule has 2 aromatic carbocycles. The fourth-order valence-electron chi connectivity index (χ4n) is 3.95. The van der Waals surface area contributed by atoms with Gasteiger partial charge in [0.25, 0.3) is 0 Å². The lowest BCUT2D eigenvalue weighted by molar-refractivity contribution is -0.140. The molecule has 3 aromatic heterocycles. The fraction of sp³-hybridized carbons (Fsp3) is 0.192. The number of H-pyrrole nitrogens is 2. The quantitative estimate of drug-likeness (QED) is 0.248. The normalized spacial score (nSPS) is 11.2. The minimum atomic E-state index is -0.511. The largest absolute Gasteiger partial charge is 0.469 e. The minimum absolute atomic E-state index is 0.0892. The maximum Gasteiger partial charge on any atom is 0.305 e. The van der Waals surface area contributed by atoms with Gasteiger partial charge in [-0.05, 0) is 31.2 Å². The van der Waals surface area contributed by atoms with E-state index < -0.39 is 11.6 Å². The number of ether oxygens (including phenoxy) is 2. The van der Waals surface area contributed by atoms with Crippen LogP contribution in [0.2, 0.25) is 0 Å². The molecule has 5 rings (SSSR count). The van der Waals surface area contributed by atoms with E-state index >= 15 is 0 Å². The third-order valence-electron chi connectivity index (χ3n) is 5.79. The zero-order valence-electron chi connectivity index (χ0n) is 19.5. The maximum atomic E-state index is 14.7. The highest BCUT2D eigenvalue weighted by Crippen LogP contribution is 2.35. The Morgan fingerprint density at radius 1 is 1.17 bits per heavy atom. The molecule has 0 bridgehead atoms. The predicted octanol–water partition coefficient (Wildman–Crippen LogP) is 6.09. The number of aromatic amines is 2. The van der Waals surface area contributed by atoms with Gasteiger partial charge < -0.3 is 19.4 Å². The van der Waals surface area contributed by atoms with Crippen molar-refractivity contribution in [2.45, 2.75) is 26.2 Å². The van der Waals surface area contributed by atoms with Gasteiger partial charge >= 0.3 is 5.97 Å². The summed E-state index contributed by atoms with van der Waals surface area (Å²) < 4.78 is 39.9. The summed E-state index contributed by atoms with van der Waals surface area (Å²) in [5.74, 6) is -0.570. The Morgan fingerprint density at radius 2 is 2.03 bits per heavy atom. The number of carbonyl (C=O) groups excluding carboxylic acids is 1. The molecule has 0 spiro atoms. The number of aryl methyl sites for hydroxylation is 2. The summed E-state index contributed by atoms with van der Waals surface area (Å²) in [6, 6.07) is 7.44. The van der Waals surface area contributed by atoms with Crippen molar-refractivity contribution in [2.75, 3.05) is 7.11 Å². The number of methoxy groups -OCH3 is 1. The highest BCUT2D eigenvalue weighted by atomic mass is 32.1. The van der Waals surface area contributed by atoms with Crippen LogP contribution < -0.4 is 4.74 Å².